The fraction of sp³-hybridized carbons (Fsp3) is 0.923. The minimum absolute atomic E-state index is 0.240. The summed E-state index contributed by atoms with van der Waals surface area (Å²) in [7, 11) is 1.91. The third kappa shape index (κ3) is 4.64. The van der Waals surface area contributed by atoms with Gasteiger partial charge in [-0.25, -0.2) is 0 Å². The molecule has 0 aliphatic carbocycles. The van der Waals surface area contributed by atoms with Crippen molar-refractivity contribution < 1.29 is 9.53 Å². The molecule has 0 saturated carbocycles. The number of rotatable bonds is 4. The van der Waals surface area contributed by atoms with Gasteiger partial charge in [-0.2, -0.15) is 0 Å². The first kappa shape index (κ1) is 14.5. The van der Waals surface area contributed by atoms with E-state index in [1.807, 2.05) is 39.6 Å². The summed E-state index contributed by atoms with van der Waals surface area (Å²) in [6, 6.07) is 0. The van der Waals surface area contributed by atoms with Gasteiger partial charge in [-0.05, 0) is 47.7 Å². The summed E-state index contributed by atoms with van der Waals surface area (Å²) in [5.74, 6) is 0.240. The normalized spacial score (nSPS) is 22.5. The van der Waals surface area contributed by atoms with E-state index in [4.69, 9.17) is 4.74 Å². The predicted octanol–water partition coefficient (Wildman–Crippen LogP) is 1.40. The van der Waals surface area contributed by atoms with Gasteiger partial charge in [0.1, 0.15) is 0 Å². The van der Waals surface area contributed by atoms with Crippen LogP contribution in [0.3, 0.4) is 0 Å². The van der Waals surface area contributed by atoms with Gasteiger partial charge in [-0.15, -0.1) is 0 Å². The lowest BCUT2D eigenvalue weighted by Gasteiger charge is -2.47. The molecular weight excluding hydrogens is 216 g/mol. The molecule has 0 bridgehead atoms. The van der Waals surface area contributed by atoms with Crippen molar-refractivity contribution in [2.24, 2.45) is 0 Å². The van der Waals surface area contributed by atoms with Crippen LogP contribution < -0.4 is 5.32 Å². The molecule has 0 aromatic rings. The van der Waals surface area contributed by atoms with Gasteiger partial charge in [0.2, 0.25) is 5.91 Å². The molecule has 1 aliphatic rings. The topological polar surface area (TPSA) is 41.6 Å². The summed E-state index contributed by atoms with van der Waals surface area (Å²) < 4.78 is 5.96. The number of hydrogen-bond donors (Lipinski definition) is 1. The van der Waals surface area contributed by atoms with Crippen LogP contribution in [0.4, 0.5) is 0 Å². The van der Waals surface area contributed by atoms with Crippen molar-refractivity contribution in [2.75, 3.05) is 26.7 Å². The smallest absolute Gasteiger partial charge is 0.222 e. The molecule has 1 heterocycles. The van der Waals surface area contributed by atoms with Gasteiger partial charge in [-0.3, -0.25) is 4.79 Å². The highest BCUT2D eigenvalue weighted by Crippen LogP contribution is 2.28. The maximum atomic E-state index is 12.1. The van der Waals surface area contributed by atoms with Crippen LogP contribution in [0.5, 0.6) is 0 Å². The van der Waals surface area contributed by atoms with E-state index in [0.717, 1.165) is 13.0 Å². The van der Waals surface area contributed by atoms with E-state index in [2.05, 4.69) is 5.32 Å². The molecular formula is C13H26N2O2. The number of ether oxygens (including phenoxy) is 1. The molecule has 1 N–H and O–H groups in total. The van der Waals surface area contributed by atoms with Crippen LogP contribution in [0.15, 0.2) is 0 Å². The van der Waals surface area contributed by atoms with Crippen LogP contribution in [-0.4, -0.2) is 48.7 Å². The third-order valence-electron chi connectivity index (χ3n) is 2.87. The molecule has 1 aliphatic heterocycles. The Balaban J connectivity index is 2.55. The second-order valence-electron chi connectivity index (χ2n) is 6.08. The van der Waals surface area contributed by atoms with E-state index < -0.39 is 0 Å². The van der Waals surface area contributed by atoms with Crippen molar-refractivity contribution in [1.82, 2.24) is 10.2 Å². The first-order chi connectivity index (χ1) is 7.76. The number of nitrogens with zero attached hydrogens (tertiary/aromatic N) is 1. The van der Waals surface area contributed by atoms with Gasteiger partial charge in [0.15, 0.2) is 0 Å². The monoisotopic (exact) mass is 242 g/mol. The largest absolute Gasteiger partial charge is 0.366 e. The molecule has 1 amide bonds. The molecule has 1 fully saturated rings. The molecule has 0 atom stereocenters. The number of amides is 1. The van der Waals surface area contributed by atoms with Crippen LogP contribution in [0.1, 0.15) is 40.5 Å². The summed E-state index contributed by atoms with van der Waals surface area (Å²) in [5, 5.41) is 3.06. The number of hydrogen-bond acceptors (Lipinski definition) is 3. The summed E-state index contributed by atoms with van der Waals surface area (Å²) in [4.78, 5) is 14.0. The van der Waals surface area contributed by atoms with Crippen molar-refractivity contribution in [3.63, 3.8) is 0 Å². The minimum atomic E-state index is -0.250. The molecule has 100 valence electrons. The van der Waals surface area contributed by atoms with Crippen molar-refractivity contribution in [1.29, 1.82) is 0 Å². The average molecular weight is 242 g/mol. The Bertz CT molecular complexity index is 259. The first-order valence-electron chi connectivity index (χ1n) is 6.38. The number of morpholine rings is 1. The van der Waals surface area contributed by atoms with Crippen molar-refractivity contribution in [3.8, 4) is 0 Å². The first-order valence-corrected chi connectivity index (χ1v) is 6.38. The zero-order valence-corrected chi connectivity index (χ0v) is 11.8. The van der Waals surface area contributed by atoms with Gasteiger partial charge in [-0.1, -0.05) is 0 Å². The quantitative estimate of drug-likeness (QED) is 0.758. The van der Waals surface area contributed by atoms with Crippen LogP contribution >= 0.6 is 0 Å². The minimum Gasteiger partial charge on any atom is -0.366 e. The molecule has 17 heavy (non-hydrogen) atoms. The molecule has 0 spiro atoms. The van der Waals surface area contributed by atoms with E-state index in [1.54, 1.807) is 0 Å². The van der Waals surface area contributed by atoms with Gasteiger partial charge >= 0.3 is 0 Å². The molecule has 0 radical (unpaired) electrons. The predicted molar refractivity (Wildman–Crippen MR) is 69.0 cm³/mol. The molecule has 0 aromatic heterocycles. The molecule has 1 saturated heterocycles. The third-order valence-corrected chi connectivity index (χ3v) is 2.87. The van der Waals surface area contributed by atoms with Crippen molar-refractivity contribution in [3.05, 3.63) is 0 Å². The second-order valence-corrected chi connectivity index (χ2v) is 6.08. The number of nitrogens with one attached hydrogen (secondary N) is 1. The Morgan fingerprint density at radius 1 is 1.24 bits per heavy atom. The standard InChI is InChI=1S/C13H26N2O2/c1-12(2)9-15(10-13(3,4)17-12)11(16)7-6-8-14-5/h14H,6-10H2,1-5H3. The van der Waals surface area contributed by atoms with Crippen LogP contribution in [-0.2, 0) is 9.53 Å². The molecule has 0 unspecified atom stereocenters. The maximum Gasteiger partial charge on any atom is 0.222 e. The Kier molecular flexibility index (Phi) is 4.55. The van der Waals surface area contributed by atoms with Gasteiger partial charge in [0.05, 0.1) is 11.2 Å². The van der Waals surface area contributed by atoms with E-state index in [-0.39, 0.29) is 17.1 Å². The highest BCUT2D eigenvalue weighted by atomic mass is 16.5. The van der Waals surface area contributed by atoms with Gasteiger partial charge in [0, 0.05) is 19.5 Å². The Morgan fingerprint density at radius 3 is 2.24 bits per heavy atom. The summed E-state index contributed by atoms with van der Waals surface area (Å²) in [6.45, 7) is 10.4. The fourth-order valence-corrected chi connectivity index (χ4v) is 2.54. The summed E-state index contributed by atoms with van der Waals surface area (Å²) in [5.41, 5.74) is -0.499. The highest BCUT2D eigenvalue weighted by molar-refractivity contribution is 5.76. The van der Waals surface area contributed by atoms with Crippen molar-refractivity contribution in [2.45, 2.75) is 51.7 Å². The Morgan fingerprint density at radius 2 is 1.76 bits per heavy atom. The lowest BCUT2D eigenvalue weighted by molar-refractivity contribution is -0.188. The highest BCUT2D eigenvalue weighted by Gasteiger charge is 2.39. The van der Waals surface area contributed by atoms with E-state index in [0.29, 0.717) is 19.5 Å². The lowest BCUT2D eigenvalue weighted by Crippen LogP contribution is -2.58. The SMILES string of the molecule is CNCCCC(=O)N1CC(C)(C)OC(C)(C)C1. The average Bonchev–Trinajstić information content (AvgIpc) is 2.13. The Hall–Kier alpha value is -0.610. The second kappa shape index (κ2) is 5.36. The van der Waals surface area contributed by atoms with Gasteiger partial charge < -0.3 is 15.0 Å². The van der Waals surface area contributed by atoms with Crippen molar-refractivity contribution >= 4 is 5.91 Å². The lowest BCUT2D eigenvalue weighted by atomic mass is 9.98. The molecule has 1 rings (SSSR count). The van der Waals surface area contributed by atoms with Crippen LogP contribution in [0, 0.1) is 0 Å². The fourth-order valence-electron chi connectivity index (χ4n) is 2.54. The zero-order chi connectivity index (χ0) is 13.1. The summed E-state index contributed by atoms with van der Waals surface area (Å²) >= 11 is 0. The van der Waals surface area contributed by atoms with E-state index >= 15 is 0 Å². The van der Waals surface area contributed by atoms with E-state index in [9.17, 15) is 4.79 Å². The van der Waals surface area contributed by atoms with Crippen LogP contribution in [0.25, 0.3) is 0 Å². The zero-order valence-electron chi connectivity index (χ0n) is 11.8. The number of carbonyl (C=O) groups is 1. The van der Waals surface area contributed by atoms with E-state index in [1.165, 1.54) is 0 Å². The summed E-state index contributed by atoms with van der Waals surface area (Å²) in [6.07, 6.45) is 1.51. The molecule has 4 nitrogen and oxygen atoms in total. The molecule has 4 heteroatoms. The number of carbonyl (C=O) groups excluding carboxylic acids is 1. The maximum absolute atomic E-state index is 12.1. The van der Waals surface area contributed by atoms with Crippen LogP contribution in [0.2, 0.25) is 0 Å². The van der Waals surface area contributed by atoms with Gasteiger partial charge in [0.25, 0.3) is 0 Å². The molecule has 0 aromatic carbocycles. The Labute approximate surface area is 105 Å².